The zero-order valence-corrected chi connectivity index (χ0v) is 8.61. The topological polar surface area (TPSA) is 12.9 Å². The van der Waals surface area contributed by atoms with Crippen molar-refractivity contribution >= 4 is 35.1 Å². The van der Waals surface area contributed by atoms with Crippen LogP contribution in [0.15, 0.2) is 41.5 Å². The molecule has 0 saturated heterocycles. The molecule has 2 heteroatoms. The van der Waals surface area contributed by atoms with E-state index in [1.807, 2.05) is 5.07 Å². The van der Waals surface area contributed by atoms with Gasteiger partial charge in [-0.25, -0.2) is 0 Å². The van der Waals surface area contributed by atoms with Crippen LogP contribution in [0.3, 0.4) is 0 Å². The number of fused-ring (bicyclic) bond motifs is 3. The van der Waals surface area contributed by atoms with E-state index < -0.39 is 0 Å². The van der Waals surface area contributed by atoms with Crippen LogP contribution in [0.25, 0.3) is 20.5 Å². The van der Waals surface area contributed by atoms with Crippen LogP contribution in [0, 0.1) is 0 Å². The van der Waals surface area contributed by atoms with Crippen LogP contribution >= 0.6 is 0 Å². The quantitative estimate of drug-likeness (QED) is 0.542. The second kappa shape index (κ2) is 2.69. The van der Waals surface area contributed by atoms with E-state index in [4.69, 9.17) is 0 Å². The second-order valence-electron chi connectivity index (χ2n) is 2.99. The van der Waals surface area contributed by atoms with Crippen molar-refractivity contribution < 1.29 is 0 Å². The fourth-order valence-corrected chi connectivity index (χ4v) is 3.33. The minimum absolute atomic E-state index is 0.441. The van der Waals surface area contributed by atoms with Gasteiger partial charge in [-0.15, -0.1) is 0 Å². The van der Waals surface area contributed by atoms with Gasteiger partial charge in [-0.3, -0.25) is 0 Å². The first-order chi connectivity index (χ1) is 6.45. The van der Waals surface area contributed by atoms with Gasteiger partial charge in [-0.05, 0) is 0 Å². The molecule has 62 valence electrons. The molecule has 1 heterocycles. The first-order valence-electron chi connectivity index (χ1n) is 4.16. The average Bonchev–Trinajstić information content (AvgIpc) is 2.65. The van der Waals surface area contributed by atoms with Crippen LogP contribution in [-0.2, 0) is 0 Å². The van der Waals surface area contributed by atoms with Gasteiger partial charge in [0, 0.05) is 0 Å². The molecule has 3 aromatic rings. The molecule has 0 fully saturated rings. The van der Waals surface area contributed by atoms with Crippen molar-refractivity contribution in [1.82, 2.24) is 4.98 Å². The third-order valence-corrected chi connectivity index (χ3v) is 4.06. The van der Waals surface area contributed by atoms with E-state index in [-0.39, 0.29) is 0 Å². The van der Waals surface area contributed by atoms with E-state index in [0.29, 0.717) is 14.5 Å². The van der Waals surface area contributed by atoms with Gasteiger partial charge in [-0.2, -0.15) is 0 Å². The van der Waals surface area contributed by atoms with Crippen LogP contribution < -0.4 is 0 Å². The van der Waals surface area contributed by atoms with Crippen molar-refractivity contribution in [3.05, 3.63) is 41.5 Å². The molecule has 0 aliphatic carbocycles. The molecule has 0 bridgehead atoms. The molecule has 0 spiro atoms. The van der Waals surface area contributed by atoms with Crippen LogP contribution in [0.4, 0.5) is 0 Å². The van der Waals surface area contributed by atoms with Crippen LogP contribution in [0.1, 0.15) is 0 Å². The number of aromatic nitrogens is 1. The van der Waals surface area contributed by atoms with Gasteiger partial charge in [0.2, 0.25) is 0 Å². The maximum atomic E-state index is 4.35. The van der Waals surface area contributed by atoms with E-state index in [0.717, 1.165) is 0 Å². The second-order valence-corrected chi connectivity index (χ2v) is 4.78. The molecule has 0 aliphatic rings. The fourth-order valence-electron chi connectivity index (χ4n) is 1.59. The van der Waals surface area contributed by atoms with Crippen molar-refractivity contribution in [3.8, 4) is 0 Å². The zero-order valence-electron chi connectivity index (χ0n) is 6.90. The van der Waals surface area contributed by atoms with Crippen LogP contribution in [0.5, 0.6) is 0 Å². The number of rotatable bonds is 0. The predicted molar refractivity (Wildman–Crippen MR) is 56.2 cm³/mol. The Labute approximate surface area is 81.8 Å². The Morgan fingerprint density at radius 1 is 1.00 bits per heavy atom. The molecule has 0 radical (unpaired) electrons. The summed E-state index contributed by atoms with van der Waals surface area (Å²) in [7, 11) is 0. The summed E-state index contributed by atoms with van der Waals surface area (Å²) in [4.78, 5) is 4.35. The van der Waals surface area contributed by atoms with Gasteiger partial charge in [0.25, 0.3) is 0 Å². The minimum atomic E-state index is 0.441. The summed E-state index contributed by atoms with van der Waals surface area (Å²) in [6.07, 6.45) is 0. The van der Waals surface area contributed by atoms with Crippen molar-refractivity contribution in [2.45, 2.75) is 0 Å². The molecule has 2 aromatic carbocycles. The molecule has 3 rings (SSSR count). The number of benzene rings is 2. The summed E-state index contributed by atoms with van der Waals surface area (Å²) in [5.74, 6) is 0. The molecule has 0 amide bonds. The molecule has 0 N–H and O–H groups in total. The van der Waals surface area contributed by atoms with E-state index >= 15 is 0 Å². The summed E-state index contributed by atoms with van der Waals surface area (Å²) >= 11 is 0.441. The van der Waals surface area contributed by atoms with E-state index in [2.05, 4.69) is 41.4 Å². The van der Waals surface area contributed by atoms with Gasteiger partial charge in [0.05, 0.1) is 0 Å². The zero-order chi connectivity index (χ0) is 8.67. The summed E-state index contributed by atoms with van der Waals surface area (Å²) in [5, 5.41) is 4.75. The van der Waals surface area contributed by atoms with E-state index in [9.17, 15) is 0 Å². The average molecular weight is 232 g/mol. The fraction of sp³-hybridized carbons (Fsp3) is 0. The SMILES string of the molecule is c1ccc2c(c1)ccc1nc[se]c12. The van der Waals surface area contributed by atoms with Gasteiger partial charge >= 0.3 is 81.5 Å². The van der Waals surface area contributed by atoms with Crippen molar-refractivity contribution in [2.24, 2.45) is 0 Å². The van der Waals surface area contributed by atoms with Gasteiger partial charge < -0.3 is 0 Å². The Bertz CT molecular complexity index is 568. The predicted octanol–water partition coefficient (Wildman–Crippen LogP) is 2.45. The van der Waals surface area contributed by atoms with E-state index in [1.54, 1.807) is 0 Å². The van der Waals surface area contributed by atoms with Crippen molar-refractivity contribution in [1.29, 1.82) is 0 Å². The number of hydrogen-bond donors (Lipinski definition) is 0. The van der Waals surface area contributed by atoms with Gasteiger partial charge in [0.15, 0.2) is 0 Å². The molecule has 1 nitrogen and oxygen atoms in total. The number of nitrogens with zero attached hydrogens (tertiary/aromatic N) is 1. The molecule has 1 aromatic heterocycles. The molecule has 0 saturated carbocycles. The molecule has 0 unspecified atom stereocenters. The molecular weight excluding hydrogens is 225 g/mol. The Balaban J connectivity index is 2.65. The molecule has 0 atom stereocenters. The van der Waals surface area contributed by atoms with Gasteiger partial charge in [0.1, 0.15) is 0 Å². The Morgan fingerprint density at radius 3 is 2.92 bits per heavy atom. The third-order valence-electron chi connectivity index (χ3n) is 2.22. The Hall–Kier alpha value is -1.11. The van der Waals surface area contributed by atoms with Crippen molar-refractivity contribution in [2.75, 3.05) is 0 Å². The molecular formula is C11H7NSe. The normalized spacial score (nSPS) is 11.1. The molecule has 13 heavy (non-hydrogen) atoms. The third kappa shape index (κ3) is 1.03. The summed E-state index contributed by atoms with van der Waals surface area (Å²) in [5.41, 5.74) is 1.17. The monoisotopic (exact) mass is 233 g/mol. The van der Waals surface area contributed by atoms with Gasteiger partial charge in [-0.1, -0.05) is 0 Å². The summed E-state index contributed by atoms with van der Waals surface area (Å²) in [6.45, 7) is 0. The Morgan fingerprint density at radius 2 is 1.92 bits per heavy atom. The summed E-state index contributed by atoms with van der Waals surface area (Å²) < 4.78 is 1.44. The number of hydrogen-bond acceptors (Lipinski definition) is 1. The van der Waals surface area contributed by atoms with Crippen LogP contribution in [-0.4, -0.2) is 19.5 Å². The first-order valence-corrected chi connectivity index (χ1v) is 6.01. The standard InChI is InChI=1S/C11H7NSe/c1-2-4-9-8(3-1)5-6-10-11(9)13-7-12-10/h1-7H. The van der Waals surface area contributed by atoms with Crippen LogP contribution in [0.2, 0.25) is 0 Å². The van der Waals surface area contributed by atoms with E-state index in [1.165, 1.54) is 20.5 Å². The molecule has 0 aliphatic heterocycles. The summed E-state index contributed by atoms with van der Waals surface area (Å²) in [6, 6.07) is 12.8. The first kappa shape index (κ1) is 7.31. The van der Waals surface area contributed by atoms with Crippen molar-refractivity contribution in [3.63, 3.8) is 0 Å². The maximum absolute atomic E-state index is 4.35. The Kier molecular flexibility index (Phi) is 1.51.